The average Bonchev–Trinajstić information content (AvgIpc) is 2.65. The minimum atomic E-state index is -1.52. The number of benzene rings is 1. The fourth-order valence-corrected chi connectivity index (χ4v) is 4.69. The van der Waals surface area contributed by atoms with Gasteiger partial charge in [0.15, 0.2) is 5.41 Å². The normalized spacial score (nSPS) is 31.1. The molecule has 1 aromatic rings. The Labute approximate surface area is 158 Å². The second-order valence-electron chi connectivity index (χ2n) is 7.03. The molecule has 0 saturated carbocycles. The lowest BCUT2D eigenvalue weighted by atomic mass is 9.54. The van der Waals surface area contributed by atoms with Crippen LogP contribution in [0.25, 0.3) is 0 Å². The number of hydrogen-bond donors (Lipinski definition) is 1. The number of nitrogens with zero attached hydrogens (tertiary/aromatic N) is 2. The summed E-state index contributed by atoms with van der Waals surface area (Å²) < 4.78 is 5.03. The number of esters is 1. The quantitative estimate of drug-likeness (QED) is 0.491. The molecule has 1 N–H and O–H groups in total. The Morgan fingerprint density at radius 3 is 2.62 bits per heavy atom. The molecule has 1 amide bonds. The largest absolute Gasteiger partial charge is 0.468 e. The molecule has 136 valence electrons. The highest BCUT2D eigenvalue weighted by molar-refractivity contribution is 7.80. The number of carbonyl (C=O) groups excluding carboxylic acids is 2. The first-order valence-electron chi connectivity index (χ1n) is 8.48. The summed E-state index contributed by atoms with van der Waals surface area (Å²) in [6, 6.07) is 10.0. The summed E-state index contributed by atoms with van der Waals surface area (Å²) in [5.41, 5.74) is -0.817. The van der Waals surface area contributed by atoms with Gasteiger partial charge in [0.25, 0.3) is 0 Å². The molecule has 2 aliphatic rings. The number of ether oxygens (including phenoxy) is 1. The number of fused-ring (bicyclic) bond motifs is 2. The second kappa shape index (κ2) is 6.45. The van der Waals surface area contributed by atoms with Crippen molar-refractivity contribution in [3.8, 4) is 6.07 Å². The van der Waals surface area contributed by atoms with Crippen LogP contribution < -0.4 is 5.32 Å². The molecule has 2 bridgehead atoms. The topological polar surface area (TPSA) is 82.4 Å². The molecule has 1 aromatic carbocycles. The standard InChI is InChI=1S/C19H21N3O3S/c1-4-12-5-7-13(8-6-12)14-18(9-20)10-22(2)11-19(14,17(24)25-3)15(23)21-16(18)26/h5-8,14H,4,10-11H2,1-3H3,(H,21,23,26). The maximum atomic E-state index is 13.0. The van der Waals surface area contributed by atoms with Crippen molar-refractivity contribution in [2.75, 3.05) is 27.2 Å². The van der Waals surface area contributed by atoms with Crippen LogP contribution in [0.4, 0.5) is 0 Å². The average molecular weight is 371 g/mol. The van der Waals surface area contributed by atoms with Gasteiger partial charge in [-0.3, -0.25) is 9.59 Å². The van der Waals surface area contributed by atoms with Crippen molar-refractivity contribution >= 4 is 29.1 Å². The minimum Gasteiger partial charge on any atom is -0.468 e. The number of nitriles is 1. The summed E-state index contributed by atoms with van der Waals surface area (Å²) in [6.07, 6.45) is 0.873. The number of amides is 1. The van der Waals surface area contributed by atoms with Crippen molar-refractivity contribution in [2.24, 2.45) is 10.8 Å². The van der Waals surface area contributed by atoms with Gasteiger partial charge < -0.3 is 15.0 Å². The number of piperidine rings is 2. The third-order valence-corrected chi connectivity index (χ3v) is 6.00. The molecule has 0 spiro atoms. The predicted octanol–water partition coefficient (Wildman–Crippen LogP) is 1.40. The molecular weight excluding hydrogens is 350 g/mol. The fourth-order valence-electron chi connectivity index (χ4n) is 4.37. The van der Waals surface area contributed by atoms with Crippen LogP contribution in [0.3, 0.4) is 0 Å². The van der Waals surface area contributed by atoms with E-state index in [0.717, 1.165) is 17.5 Å². The van der Waals surface area contributed by atoms with Crippen LogP contribution in [0.1, 0.15) is 24.0 Å². The van der Waals surface area contributed by atoms with Crippen LogP contribution in [0, 0.1) is 22.2 Å². The van der Waals surface area contributed by atoms with Crippen molar-refractivity contribution in [1.82, 2.24) is 10.2 Å². The number of carbonyl (C=O) groups is 2. The van der Waals surface area contributed by atoms with Gasteiger partial charge in [-0.1, -0.05) is 43.4 Å². The van der Waals surface area contributed by atoms with E-state index >= 15 is 0 Å². The number of aryl methyl sites for hydroxylation is 1. The highest BCUT2D eigenvalue weighted by Gasteiger charge is 2.69. The number of nitrogens with one attached hydrogen (secondary N) is 1. The molecule has 3 atom stereocenters. The molecule has 2 heterocycles. The lowest BCUT2D eigenvalue weighted by Gasteiger charge is -2.55. The highest BCUT2D eigenvalue weighted by Crippen LogP contribution is 2.55. The zero-order valence-electron chi connectivity index (χ0n) is 15.0. The first-order valence-corrected chi connectivity index (χ1v) is 8.89. The monoisotopic (exact) mass is 371 g/mol. The Balaban J connectivity index is 2.29. The van der Waals surface area contributed by atoms with Crippen molar-refractivity contribution in [3.63, 3.8) is 0 Å². The molecule has 2 saturated heterocycles. The minimum absolute atomic E-state index is 0.164. The summed E-state index contributed by atoms with van der Waals surface area (Å²) in [7, 11) is 3.04. The fraction of sp³-hybridized carbons (Fsp3) is 0.474. The van der Waals surface area contributed by atoms with E-state index in [2.05, 4.69) is 18.3 Å². The number of hydrogen-bond acceptors (Lipinski definition) is 6. The van der Waals surface area contributed by atoms with Crippen LogP contribution in [-0.4, -0.2) is 49.0 Å². The van der Waals surface area contributed by atoms with Gasteiger partial charge in [0.1, 0.15) is 10.4 Å². The van der Waals surface area contributed by atoms with Gasteiger partial charge in [-0.25, -0.2) is 0 Å². The smallest absolute Gasteiger partial charge is 0.323 e. The number of methoxy groups -OCH3 is 1. The van der Waals surface area contributed by atoms with Crippen LogP contribution in [0.2, 0.25) is 0 Å². The van der Waals surface area contributed by atoms with Crippen molar-refractivity contribution in [3.05, 3.63) is 35.4 Å². The Morgan fingerprint density at radius 2 is 2.08 bits per heavy atom. The van der Waals surface area contributed by atoms with Gasteiger partial charge in [-0.05, 0) is 24.6 Å². The van der Waals surface area contributed by atoms with E-state index in [1.54, 1.807) is 7.05 Å². The van der Waals surface area contributed by atoms with Gasteiger partial charge in [0, 0.05) is 19.0 Å². The van der Waals surface area contributed by atoms with Gasteiger partial charge in [0.2, 0.25) is 5.91 Å². The third kappa shape index (κ3) is 2.37. The molecule has 3 rings (SSSR count). The SMILES string of the molecule is CCc1ccc(C2C3(C#N)CN(C)CC2(C(=O)OC)C(=O)NC3=S)cc1. The van der Waals surface area contributed by atoms with E-state index in [4.69, 9.17) is 17.0 Å². The Hall–Kier alpha value is -2.30. The zero-order chi connectivity index (χ0) is 19.1. The summed E-state index contributed by atoms with van der Waals surface area (Å²) in [6.45, 7) is 2.55. The van der Waals surface area contributed by atoms with Crippen molar-refractivity contribution in [1.29, 1.82) is 5.26 Å². The molecule has 0 radical (unpaired) electrons. The second-order valence-corrected chi connectivity index (χ2v) is 7.44. The Bertz CT molecular complexity index is 816. The van der Waals surface area contributed by atoms with Gasteiger partial charge in [-0.2, -0.15) is 5.26 Å². The Kier molecular flexibility index (Phi) is 4.59. The number of likely N-dealkylation sites (tertiary alicyclic amines) is 1. The molecule has 0 aromatic heterocycles. The predicted molar refractivity (Wildman–Crippen MR) is 99.3 cm³/mol. The van der Waals surface area contributed by atoms with E-state index in [0.29, 0.717) is 6.54 Å². The van der Waals surface area contributed by atoms with E-state index in [1.165, 1.54) is 7.11 Å². The van der Waals surface area contributed by atoms with Crippen LogP contribution >= 0.6 is 12.2 Å². The molecule has 26 heavy (non-hydrogen) atoms. The van der Waals surface area contributed by atoms with Gasteiger partial charge in [-0.15, -0.1) is 0 Å². The van der Waals surface area contributed by atoms with Crippen LogP contribution in [-0.2, 0) is 20.7 Å². The number of thiocarbonyl (C=S) groups is 1. The summed E-state index contributed by atoms with van der Waals surface area (Å²) in [4.78, 5) is 27.9. The molecule has 3 unspecified atom stereocenters. The van der Waals surface area contributed by atoms with E-state index < -0.39 is 28.6 Å². The third-order valence-electron chi connectivity index (χ3n) is 5.53. The maximum Gasteiger partial charge on any atom is 0.323 e. The van der Waals surface area contributed by atoms with Crippen molar-refractivity contribution < 1.29 is 14.3 Å². The van der Waals surface area contributed by atoms with Gasteiger partial charge >= 0.3 is 5.97 Å². The van der Waals surface area contributed by atoms with Crippen molar-refractivity contribution in [2.45, 2.75) is 19.3 Å². The molecular formula is C19H21N3O3S. The van der Waals surface area contributed by atoms with E-state index in [1.807, 2.05) is 29.2 Å². The first kappa shape index (κ1) is 18.5. The molecule has 6 nitrogen and oxygen atoms in total. The lowest BCUT2D eigenvalue weighted by molar-refractivity contribution is -0.168. The number of rotatable bonds is 3. The zero-order valence-corrected chi connectivity index (χ0v) is 15.9. The van der Waals surface area contributed by atoms with E-state index in [-0.39, 0.29) is 11.5 Å². The highest BCUT2D eigenvalue weighted by atomic mass is 32.1. The summed E-state index contributed by atoms with van der Waals surface area (Å²) in [5, 5.41) is 12.7. The summed E-state index contributed by atoms with van der Waals surface area (Å²) >= 11 is 5.42. The van der Waals surface area contributed by atoms with Crippen LogP contribution in [0.15, 0.2) is 24.3 Å². The van der Waals surface area contributed by atoms with Gasteiger partial charge in [0.05, 0.1) is 13.2 Å². The molecule has 0 aliphatic carbocycles. The van der Waals surface area contributed by atoms with E-state index in [9.17, 15) is 14.9 Å². The summed E-state index contributed by atoms with van der Waals surface area (Å²) in [5.74, 6) is -1.85. The molecule has 2 aliphatic heterocycles. The molecule has 2 fully saturated rings. The molecule has 7 heteroatoms. The Morgan fingerprint density at radius 1 is 1.42 bits per heavy atom. The van der Waals surface area contributed by atoms with Crippen LogP contribution in [0.5, 0.6) is 0 Å². The lowest BCUT2D eigenvalue weighted by Crippen LogP contribution is -2.73. The maximum absolute atomic E-state index is 13.0. The first-order chi connectivity index (χ1) is 12.4.